The molecule has 3 aromatic heterocycles. The van der Waals surface area contributed by atoms with Gasteiger partial charge in [0, 0.05) is 24.9 Å². The highest BCUT2D eigenvalue weighted by Crippen LogP contribution is 2.22. The van der Waals surface area contributed by atoms with E-state index in [0.717, 1.165) is 24.0 Å². The monoisotopic (exact) mass is 284 g/mol. The molecule has 0 amide bonds. The topological polar surface area (TPSA) is 88.6 Å². The molecule has 0 unspecified atom stereocenters. The van der Waals surface area contributed by atoms with Crippen molar-refractivity contribution in [3.63, 3.8) is 0 Å². The Morgan fingerprint density at radius 3 is 3.05 bits per heavy atom. The zero-order valence-electron chi connectivity index (χ0n) is 11.7. The van der Waals surface area contributed by atoms with Crippen LogP contribution in [0.2, 0.25) is 0 Å². The zero-order valence-corrected chi connectivity index (χ0v) is 11.7. The van der Waals surface area contributed by atoms with Crippen LogP contribution >= 0.6 is 0 Å². The van der Waals surface area contributed by atoms with Crippen molar-refractivity contribution >= 4 is 17.0 Å². The molecule has 21 heavy (non-hydrogen) atoms. The van der Waals surface area contributed by atoms with Crippen LogP contribution in [-0.2, 0) is 6.42 Å². The van der Waals surface area contributed by atoms with Crippen molar-refractivity contribution < 1.29 is 4.74 Å². The second-order valence-corrected chi connectivity index (χ2v) is 4.43. The normalized spacial score (nSPS) is 10.7. The average Bonchev–Trinajstić information content (AvgIpc) is 2.97. The highest BCUT2D eigenvalue weighted by atomic mass is 16.5. The molecule has 0 aliphatic heterocycles. The Labute approximate surface area is 121 Å². The molecule has 0 aliphatic rings. The van der Waals surface area contributed by atoms with E-state index in [9.17, 15) is 0 Å². The number of fused-ring (bicyclic) bond motifs is 1. The molecule has 3 rings (SSSR count). The van der Waals surface area contributed by atoms with Gasteiger partial charge in [-0.3, -0.25) is 10.1 Å². The first-order valence-corrected chi connectivity index (χ1v) is 6.84. The zero-order chi connectivity index (χ0) is 14.5. The standard InChI is InChI=1S/C14H16N6O/c1-2-15-14-18-12-11(9-17-20-12)13(19-14)21-8-6-10-5-3-4-7-16-10/h3-5,7,9H,2,6,8H2,1H3,(H2,15,17,18,19,20). The Bertz CT molecular complexity index is 712. The minimum Gasteiger partial charge on any atom is -0.477 e. The van der Waals surface area contributed by atoms with E-state index in [-0.39, 0.29) is 0 Å². The molecular formula is C14H16N6O. The number of pyridine rings is 1. The summed E-state index contributed by atoms with van der Waals surface area (Å²) < 4.78 is 5.78. The number of hydrogen-bond acceptors (Lipinski definition) is 6. The predicted octanol–water partition coefficient (Wildman–Crippen LogP) is 1.80. The van der Waals surface area contributed by atoms with E-state index in [0.29, 0.717) is 24.1 Å². The molecule has 0 saturated heterocycles. The van der Waals surface area contributed by atoms with E-state index in [1.54, 1.807) is 12.4 Å². The highest BCUT2D eigenvalue weighted by Gasteiger charge is 2.10. The molecule has 2 N–H and O–H groups in total. The van der Waals surface area contributed by atoms with E-state index in [4.69, 9.17) is 4.74 Å². The van der Waals surface area contributed by atoms with E-state index in [1.165, 1.54) is 0 Å². The third-order valence-corrected chi connectivity index (χ3v) is 2.93. The van der Waals surface area contributed by atoms with E-state index in [2.05, 4.69) is 30.5 Å². The fraction of sp³-hybridized carbons (Fsp3) is 0.286. The summed E-state index contributed by atoms with van der Waals surface area (Å²) in [5.74, 6) is 1.06. The van der Waals surface area contributed by atoms with Crippen LogP contribution in [-0.4, -0.2) is 38.3 Å². The molecule has 3 aromatic rings. The lowest BCUT2D eigenvalue weighted by molar-refractivity contribution is 0.312. The van der Waals surface area contributed by atoms with Gasteiger partial charge in [0.15, 0.2) is 5.65 Å². The van der Waals surface area contributed by atoms with Crippen molar-refractivity contribution in [1.29, 1.82) is 0 Å². The lowest BCUT2D eigenvalue weighted by Gasteiger charge is -2.08. The van der Waals surface area contributed by atoms with Crippen molar-refractivity contribution in [1.82, 2.24) is 25.1 Å². The van der Waals surface area contributed by atoms with Crippen LogP contribution in [0.3, 0.4) is 0 Å². The maximum absolute atomic E-state index is 5.78. The van der Waals surface area contributed by atoms with Gasteiger partial charge in [0.25, 0.3) is 0 Å². The SMILES string of the molecule is CCNc1nc(OCCc2ccccn2)c2cn[nH]c2n1. The van der Waals surface area contributed by atoms with Gasteiger partial charge >= 0.3 is 0 Å². The molecule has 0 aliphatic carbocycles. The molecule has 7 heteroatoms. The van der Waals surface area contributed by atoms with Crippen molar-refractivity contribution in [3.05, 3.63) is 36.3 Å². The van der Waals surface area contributed by atoms with E-state index >= 15 is 0 Å². The van der Waals surface area contributed by atoms with Crippen molar-refractivity contribution in [3.8, 4) is 5.88 Å². The van der Waals surface area contributed by atoms with Gasteiger partial charge in [-0.05, 0) is 19.1 Å². The molecule has 0 aromatic carbocycles. The number of aromatic amines is 1. The van der Waals surface area contributed by atoms with Gasteiger partial charge in [-0.2, -0.15) is 15.1 Å². The summed E-state index contributed by atoms with van der Waals surface area (Å²) in [6.07, 6.45) is 4.17. The minimum absolute atomic E-state index is 0.500. The van der Waals surface area contributed by atoms with Crippen molar-refractivity contribution in [2.45, 2.75) is 13.3 Å². The summed E-state index contributed by atoms with van der Waals surface area (Å²) in [5, 5.41) is 10.7. The third-order valence-electron chi connectivity index (χ3n) is 2.93. The maximum atomic E-state index is 5.78. The second kappa shape index (κ2) is 6.17. The van der Waals surface area contributed by atoms with Crippen LogP contribution in [0.25, 0.3) is 11.0 Å². The molecule has 0 bridgehead atoms. The largest absolute Gasteiger partial charge is 0.477 e. The first kappa shape index (κ1) is 13.3. The first-order valence-electron chi connectivity index (χ1n) is 6.84. The molecule has 0 fully saturated rings. The Balaban J connectivity index is 1.74. The molecule has 3 heterocycles. The predicted molar refractivity (Wildman–Crippen MR) is 79.3 cm³/mol. The van der Waals surface area contributed by atoms with Gasteiger partial charge in [-0.25, -0.2) is 0 Å². The Kier molecular flexibility index (Phi) is 3.90. The quantitative estimate of drug-likeness (QED) is 0.717. The molecule has 0 radical (unpaired) electrons. The summed E-state index contributed by atoms with van der Waals surface area (Å²) in [7, 11) is 0. The molecule has 108 valence electrons. The molecular weight excluding hydrogens is 268 g/mol. The van der Waals surface area contributed by atoms with Crippen LogP contribution in [0.15, 0.2) is 30.6 Å². The average molecular weight is 284 g/mol. The molecule has 0 spiro atoms. The number of rotatable bonds is 6. The van der Waals surface area contributed by atoms with Gasteiger partial charge in [0.1, 0.15) is 5.39 Å². The van der Waals surface area contributed by atoms with Crippen LogP contribution in [0.4, 0.5) is 5.95 Å². The Hall–Kier alpha value is -2.70. The highest BCUT2D eigenvalue weighted by molar-refractivity contribution is 5.80. The molecule has 0 saturated carbocycles. The lowest BCUT2D eigenvalue weighted by atomic mass is 10.3. The number of aromatic nitrogens is 5. The molecule has 0 atom stereocenters. The molecule has 7 nitrogen and oxygen atoms in total. The van der Waals surface area contributed by atoms with Gasteiger partial charge < -0.3 is 10.1 Å². The number of hydrogen-bond donors (Lipinski definition) is 2. The van der Waals surface area contributed by atoms with Crippen LogP contribution in [0.1, 0.15) is 12.6 Å². The summed E-state index contributed by atoms with van der Waals surface area (Å²) in [4.78, 5) is 13.0. The fourth-order valence-corrected chi connectivity index (χ4v) is 1.95. The van der Waals surface area contributed by atoms with E-state index < -0.39 is 0 Å². The number of nitrogens with one attached hydrogen (secondary N) is 2. The number of ether oxygens (including phenoxy) is 1. The van der Waals surface area contributed by atoms with Crippen molar-refractivity contribution in [2.24, 2.45) is 0 Å². The first-order chi connectivity index (χ1) is 10.4. The van der Waals surface area contributed by atoms with Gasteiger partial charge in [-0.1, -0.05) is 6.07 Å². The summed E-state index contributed by atoms with van der Waals surface area (Å²) in [6.45, 7) is 3.23. The smallest absolute Gasteiger partial charge is 0.229 e. The minimum atomic E-state index is 0.500. The third kappa shape index (κ3) is 3.07. The van der Waals surface area contributed by atoms with E-state index in [1.807, 2.05) is 25.1 Å². The number of H-pyrrole nitrogens is 1. The van der Waals surface area contributed by atoms with Gasteiger partial charge in [0.05, 0.1) is 12.8 Å². The van der Waals surface area contributed by atoms with Crippen LogP contribution in [0, 0.1) is 0 Å². The van der Waals surface area contributed by atoms with Crippen LogP contribution in [0.5, 0.6) is 5.88 Å². The Morgan fingerprint density at radius 2 is 2.24 bits per heavy atom. The Morgan fingerprint density at radius 1 is 1.29 bits per heavy atom. The number of nitrogens with zero attached hydrogens (tertiary/aromatic N) is 4. The van der Waals surface area contributed by atoms with Crippen molar-refractivity contribution in [2.75, 3.05) is 18.5 Å². The van der Waals surface area contributed by atoms with Crippen LogP contribution < -0.4 is 10.1 Å². The summed E-state index contributed by atoms with van der Waals surface area (Å²) in [5.41, 5.74) is 1.65. The second-order valence-electron chi connectivity index (χ2n) is 4.43. The number of anilines is 1. The maximum Gasteiger partial charge on any atom is 0.229 e. The lowest BCUT2D eigenvalue weighted by Crippen LogP contribution is -2.07. The van der Waals surface area contributed by atoms with Gasteiger partial charge in [0.2, 0.25) is 11.8 Å². The fourth-order valence-electron chi connectivity index (χ4n) is 1.95. The summed E-state index contributed by atoms with van der Waals surface area (Å²) >= 11 is 0. The van der Waals surface area contributed by atoms with Gasteiger partial charge in [-0.15, -0.1) is 0 Å². The summed E-state index contributed by atoms with van der Waals surface area (Å²) in [6, 6.07) is 5.83.